The van der Waals surface area contributed by atoms with Crippen molar-refractivity contribution in [3.8, 4) is 11.6 Å². The number of aromatic nitrogens is 1. The Morgan fingerprint density at radius 3 is 2.56 bits per heavy atom. The lowest BCUT2D eigenvalue weighted by atomic mass is 10.1. The Balaban J connectivity index is 2.31. The van der Waals surface area contributed by atoms with Crippen LogP contribution in [0.3, 0.4) is 0 Å². The third-order valence-corrected chi connectivity index (χ3v) is 2.87. The highest BCUT2D eigenvalue weighted by Gasteiger charge is 2.06. The first kappa shape index (κ1) is 12.6. The zero-order chi connectivity index (χ0) is 13.1. The van der Waals surface area contributed by atoms with Crippen LogP contribution in [0.4, 0.5) is 0 Å². The van der Waals surface area contributed by atoms with Gasteiger partial charge in [-0.3, -0.25) is 0 Å². The number of hydrogen-bond acceptors (Lipinski definition) is 3. The Labute approximate surface area is 108 Å². The summed E-state index contributed by atoms with van der Waals surface area (Å²) in [6.07, 6.45) is 1.76. The summed E-state index contributed by atoms with van der Waals surface area (Å²) >= 11 is 0. The molecule has 1 heterocycles. The molecule has 1 aromatic heterocycles. The molecule has 0 spiro atoms. The van der Waals surface area contributed by atoms with Crippen molar-refractivity contribution in [3.05, 3.63) is 52.7 Å². The highest BCUT2D eigenvalue weighted by molar-refractivity contribution is 5.40. The van der Waals surface area contributed by atoms with E-state index < -0.39 is 0 Å². The highest BCUT2D eigenvalue weighted by Crippen LogP contribution is 2.27. The molecule has 18 heavy (non-hydrogen) atoms. The van der Waals surface area contributed by atoms with E-state index in [2.05, 4.69) is 11.1 Å². The number of pyridine rings is 1. The second-order valence-electron chi connectivity index (χ2n) is 4.54. The van der Waals surface area contributed by atoms with Crippen LogP contribution in [-0.4, -0.2) is 4.98 Å². The molecule has 0 saturated carbocycles. The Morgan fingerprint density at radius 1 is 1.11 bits per heavy atom. The van der Waals surface area contributed by atoms with E-state index in [0.29, 0.717) is 12.4 Å². The van der Waals surface area contributed by atoms with E-state index in [1.807, 2.05) is 39.0 Å². The molecule has 0 fully saturated rings. The molecule has 1 aromatic carbocycles. The minimum atomic E-state index is 0.498. The lowest BCUT2D eigenvalue weighted by molar-refractivity contribution is 0.454. The second-order valence-corrected chi connectivity index (χ2v) is 4.54. The molecule has 0 bridgehead atoms. The average molecular weight is 242 g/mol. The summed E-state index contributed by atoms with van der Waals surface area (Å²) in [5.74, 6) is 1.49. The van der Waals surface area contributed by atoms with Gasteiger partial charge in [-0.2, -0.15) is 0 Å². The average Bonchev–Trinajstić information content (AvgIpc) is 2.36. The summed E-state index contributed by atoms with van der Waals surface area (Å²) in [4.78, 5) is 4.31. The molecule has 0 amide bonds. The fraction of sp³-hybridized carbons (Fsp3) is 0.267. The molecule has 2 rings (SSSR count). The Kier molecular flexibility index (Phi) is 3.63. The first-order valence-corrected chi connectivity index (χ1v) is 6.01. The number of nitrogens with zero attached hydrogens (tertiary/aromatic N) is 1. The lowest BCUT2D eigenvalue weighted by Crippen LogP contribution is -2.00. The largest absolute Gasteiger partial charge is 0.438 e. The van der Waals surface area contributed by atoms with E-state index in [0.717, 1.165) is 22.4 Å². The van der Waals surface area contributed by atoms with Gasteiger partial charge in [-0.05, 0) is 49.6 Å². The van der Waals surface area contributed by atoms with Crippen molar-refractivity contribution in [2.75, 3.05) is 0 Å². The van der Waals surface area contributed by atoms with Crippen molar-refractivity contribution in [2.45, 2.75) is 27.3 Å². The van der Waals surface area contributed by atoms with E-state index in [1.54, 1.807) is 6.20 Å². The molecule has 0 atom stereocenters. The smallest absolute Gasteiger partial charge is 0.222 e. The van der Waals surface area contributed by atoms with Crippen LogP contribution in [-0.2, 0) is 6.54 Å². The van der Waals surface area contributed by atoms with Crippen LogP contribution < -0.4 is 10.5 Å². The molecule has 3 heteroatoms. The van der Waals surface area contributed by atoms with Crippen molar-refractivity contribution >= 4 is 0 Å². The minimum Gasteiger partial charge on any atom is -0.438 e. The van der Waals surface area contributed by atoms with Gasteiger partial charge in [-0.15, -0.1) is 0 Å². The zero-order valence-corrected chi connectivity index (χ0v) is 11.0. The van der Waals surface area contributed by atoms with Gasteiger partial charge in [-0.25, -0.2) is 4.98 Å². The minimum absolute atomic E-state index is 0.498. The fourth-order valence-electron chi connectivity index (χ4n) is 1.76. The van der Waals surface area contributed by atoms with Crippen LogP contribution in [0.1, 0.15) is 22.3 Å². The third kappa shape index (κ3) is 2.68. The number of ether oxygens (including phenoxy) is 1. The van der Waals surface area contributed by atoms with Gasteiger partial charge in [0.15, 0.2) is 0 Å². The maximum absolute atomic E-state index is 5.87. The van der Waals surface area contributed by atoms with E-state index in [4.69, 9.17) is 10.5 Å². The van der Waals surface area contributed by atoms with Crippen molar-refractivity contribution < 1.29 is 4.74 Å². The van der Waals surface area contributed by atoms with E-state index in [-0.39, 0.29) is 0 Å². The second kappa shape index (κ2) is 5.19. The lowest BCUT2D eigenvalue weighted by Gasteiger charge is -2.11. The van der Waals surface area contributed by atoms with Crippen LogP contribution in [0.2, 0.25) is 0 Å². The highest BCUT2D eigenvalue weighted by atomic mass is 16.5. The van der Waals surface area contributed by atoms with Gasteiger partial charge >= 0.3 is 0 Å². The van der Waals surface area contributed by atoms with Gasteiger partial charge < -0.3 is 10.5 Å². The number of nitrogens with two attached hydrogens (primary N) is 1. The zero-order valence-electron chi connectivity index (χ0n) is 11.0. The predicted octanol–water partition coefficient (Wildman–Crippen LogP) is 3.26. The quantitative estimate of drug-likeness (QED) is 0.898. The molecule has 0 aliphatic rings. The molecule has 0 aliphatic carbocycles. The molecule has 0 radical (unpaired) electrons. The first-order chi connectivity index (χ1) is 8.60. The maximum atomic E-state index is 5.87. The Morgan fingerprint density at radius 2 is 1.89 bits per heavy atom. The van der Waals surface area contributed by atoms with Gasteiger partial charge in [0, 0.05) is 18.3 Å². The number of benzene rings is 1. The number of rotatable bonds is 3. The van der Waals surface area contributed by atoms with Crippen molar-refractivity contribution in [1.82, 2.24) is 4.98 Å². The van der Waals surface area contributed by atoms with Crippen LogP contribution in [0.15, 0.2) is 30.5 Å². The summed E-state index contributed by atoms with van der Waals surface area (Å²) in [6.45, 7) is 6.55. The van der Waals surface area contributed by atoms with E-state index >= 15 is 0 Å². The Hall–Kier alpha value is -1.87. The summed E-state index contributed by atoms with van der Waals surface area (Å²) < 4.78 is 5.87. The normalized spacial score (nSPS) is 10.4. The molecular formula is C15H18N2O. The maximum Gasteiger partial charge on any atom is 0.222 e. The number of hydrogen-bond donors (Lipinski definition) is 1. The third-order valence-electron chi connectivity index (χ3n) is 2.87. The van der Waals surface area contributed by atoms with Gasteiger partial charge in [0.2, 0.25) is 5.88 Å². The summed E-state index contributed by atoms with van der Waals surface area (Å²) in [7, 11) is 0. The molecule has 3 nitrogen and oxygen atoms in total. The summed E-state index contributed by atoms with van der Waals surface area (Å²) in [5, 5.41) is 0. The molecule has 0 saturated heterocycles. The van der Waals surface area contributed by atoms with E-state index in [1.165, 1.54) is 5.56 Å². The van der Waals surface area contributed by atoms with Gasteiger partial charge in [0.25, 0.3) is 0 Å². The van der Waals surface area contributed by atoms with Crippen LogP contribution in [0.25, 0.3) is 0 Å². The van der Waals surface area contributed by atoms with Gasteiger partial charge in [-0.1, -0.05) is 12.1 Å². The number of aryl methyl sites for hydroxylation is 3. The van der Waals surface area contributed by atoms with E-state index in [9.17, 15) is 0 Å². The molecular weight excluding hydrogens is 224 g/mol. The predicted molar refractivity (Wildman–Crippen MR) is 72.9 cm³/mol. The van der Waals surface area contributed by atoms with Crippen molar-refractivity contribution in [3.63, 3.8) is 0 Å². The van der Waals surface area contributed by atoms with Crippen molar-refractivity contribution in [2.24, 2.45) is 5.73 Å². The fourth-order valence-corrected chi connectivity index (χ4v) is 1.76. The van der Waals surface area contributed by atoms with Crippen molar-refractivity contribution in [1.29, 1.82) is 0 Å². The van der Waals surface area contributed by atoms with Crippen LogP contribution >= 0.6 is 0 Å². The monoisotopic (exact) mass is 242 g/mol. The molecule has 0 aliphatic heterocycles. The first-order valence-electron chi connectivity index (χ1n) is 6.01. The SMILES string of the molecule is Cc1ccc(C)c(Oc2ncc(CN)cc2C)c1. The molecule has 94 valence electrons. The van der Waals surface area contributed by atoms with Gasteiger partial charge in [0.1, 0.15) is 5.75 Å². The summed E-state index contributed by atoms with van der Waals surface area (Å²) in [6, 6.07) is 8.15. The molecule has 0 unspecified atom stereocenters. The summed E-state index contributed by atoms with van der Waals surface area (Å²) in [5.41, 5.74) is 9.87. The molecule has 2 N–H and O–H groups in total. The van der Waals surface area contributed by atoms with Gasteiger partial charge in [0.05, 0.1) is 0 Å². The topological polar surface area (TPSA) is 48.1 Å². The standard InChI is InChI=1S/C15H18N2O/c1-10-4-5-11(2)14(6-10)18-15-12(3)7-13(8-16)9-17-15/h4-7,9H,8,16H2,1-3H3. The van der Waals surface area contributed by atoms with Crippen LogP contribution in [0.5, 0.6) is 11.6 Å². The van der Waals surface area contributed by atoms with Crippen LogP contribution in [0, 0.1) is 20.8 Å². The Bertz CT molecular complexity index is 564. The molecule has 2 aromatic rings.